The molecule has 7 nitrogen and oxygen atoms in total. The maximum Gasteiger partial charge on any atom is 0.263 e. The molecule has 0 saturated carbocycles. The molecule has 0 unspecified atom stereocenters. The van der Waals surface area contributed by atoms with E-state index in [0.717, 1.165) is 29.1 Å². The van der Waals surface area contributed by atoms with Gasteiger partial charge in [-0.15, -0.1) is 0 Å². The van der Waals surface area contributed by atoms with Crippen molar-refractivity contribution in [2.45, 2.75) is 11.8 Å². The van der Waals surface area contributed by atoms with Crippen molar-refractivity contribution in [2.75, 3.05) is 4.72 Å². The molecule has 3 aromatic carbocycles. The van der Waals surface area contributed by atoms with Crippen LogP contribution in [0.5, 0.6) is 0 Å². The third-order valence-corrected chi connectivity index (χ3v) is 7.10. The van der Waals surface area contributed by atoms with Crippen LogP contribution in [0.25, 0.3) is 33.2 Å². The standard InChI is InChI=1S/C27H17F2N5O2S/c1-16-25(12-19(14-30)27(33-16)18-9-20(28)13-21(29)10-18)24-4-2-3-17-11-22(5-6-23(17)24)37(35,36)34-26-7-8-31-15-32-26/h2-13,15H,1H3,(H,31,32,34). The second-order valence-electron chi connectivity index (χ2n) is 8.18. The molecular weight excluding hydrogens is 496 g/mol. The SMILES string of the molecule is Cc1nc(-c2cc(F)cc(F)c2)c(C#N)cc1-c1cccc2cc(S(=O)(=O)Nc3ccncn3)ccc12. The summed E-state index contributed by atoms with van der Waals surface area (Å²) in [6.07, 6.45) is 2.67. The van der Waals surface area contributed by atoms with Gasteiger partial charge in [0, 0.05) is 29.1 Å². The zero-order valence-electron chi connectivity index (χ0n) is 19.3. The summed E-state index contributed by atoms with van der Waals surface area (Å²) >= 11 is 0. The summed E-state index contributed by atoms with van der Waals surface area (Å²) in [7, 11) is -3.90. The number of nitrogens with one attached hydrogen (secondary N) is 1. The van der Waals surface area contributed by atoms with Crippen molar-refractivity contribution in [3.8, 4) is 28.5 Å². The van der Waals surface area contributed by atoms with Gasteiger partial charge in [-0.05, 0) is 59.7 Å². The summed E-state index contributed by atoms with van der Waals surface area (Å²) in [6.45, 7) is 1.74. The summed E-state index contributed by atoms with van der Waals surface area (Å²) in [4.78, 5) is 12.2. The lowest BCUT2D eigenvalue weighted by molar-refractivity contribution is 0.584. The second kappa shape index (κ2) is 9.37. The number of halogens is 2. The minimum absolute atomic E-state index is 0.0480. The average Bonchev–Trinajstić information content (AvgIpc) is 2.87. The monoisotopic (exact) mass is 513 g/mol. The van der Waals surface area contributed by atoms with Crippen molar-refractivity contribution in [1.29, 1.82) is 5.26 Å². The van der Waals surface area contributed by atoms with E-state index < -0.39 is 21.7 Å². The first kappa shape index (κ1) is 24.0. The van der Waals surface area contributed by atoms with Gasteiger partial charge in [-0.25, -0.2) is 27.2 Å². The first-order valence-corrected chi connectivity index (χ1v) is 12.4. The van der Waals surface area contributed by atoms with Gasteiger partial charge in [-0.3, -0.25) is 9.71 Å². The first-order valence-electron chi connectivity index (χ1n) is 11.0. The van der Waals surface area contributed by atoms with Gasteiger partial charge in [-0.2, -0.15) is 5.26 Å². The number of sulfonamides is 1. The fraction of sp³-hybridized carbons (Fsp3) is 0.0370. The highest BCUT2D eigenvalue weighted by atomic mass is 32.2. The Hall–Kier alpha value is -4.75. The molecule has 1 N–H and O–H groups in total. The number of anilines is 1. The highest BCUT2D eigenvalue weighted by Crippen LogP contribution is 2.35. The van der Waals surface area contributed by atoms with E-state index in [2.05, 4.69) is 25.7 Å². The van der Waals surface area contributed by atoms with Crippen LogP contribution in [0, 0.1) is 29.9 Å². The molecular formula is C27H17F2N5O2S. The van der Waals surface area contributed by atoms with E-state index in [0.29, 0.717) is 16.6 Å². The van der Waals surface area contributed by atoms with Crippen molar-refractivity contribution in [3.63, 3.8) is 0 Å². The van der Waals surface area contributed by atoms with E-state index in [1.165, 1.54) is 24.7 Å². The number of pyridine rings is 1. The molecule has 0 atom stereocenters. The first-order chi connectivity index (χ1) is 17.7. The lowest BCUT2D eigenvalue weighted by Gasteiger charge is -2.14. The normalized spacial score (nSPS) is 11.3. The molecule has 5 aromatic rings. The Labute approximate surface area is 211 Å². The fourth-order valence-corrected chi connectivity index (χ4v) is 5.13. The molecule has 5 rings (SSSR count). The summed E-state index contributed by atoms with van der Waals surface area (Å²) in [5, 5.41) is 11.2. The number of aromatic nitrogens is 3. The molecule has 0 radical (unpaired) electrons. The molecule has 37 heavy (non-hydrogen) atoms. The third-order valence-electron chi connectivity index (χ3n) is 5.74. The quantitative estimate of drug-likeness (QED) is 0.327. The number of rotatable bonds is 5. The Morgan fingerprint density at radius 1 is 0.946 bits per heavy atom. The van der Waals surface area contributed by atoms with Crippen molar-refractivity contribution < 1.29 is 17.2 Å². The molecule has 0 bridgehead atoms. The number of aryl methyl sites for hydroxylation is 1. The number of benzene rings is 3. The van der Waals surface area contributed by atoms with Gasteiger partial charge >= 0.3 is 0 Å². The second-order valence-corrected chi connectivity index (χ2v) is 9.86. The molecule has 0 aliphatic rings. The van der Waals surface area contributed by atoms with Gasteiger partial charge in [0.1, 0.15) is 29.8 Å². The summed E-state index contributed by atoms with van der Waals surface area (Å²) in [5.74, 6) is -1.39. The molecule has 10 heteroatoms. The van der Waals surface area contributed by atoms with Crippen molar-refractivity contribution in [1.82, 2.24) is 15.0 Å². The Bertz CT molecular complexity index is 1800. The van der Waals surface area contributed by atoms with E-state index in [-0.39, 0.29) is 27.5 Å². The zero-order chi connectivity index (χ0) is 26.2. The van der Waals surface area contributed by atoms with E-state index in [1.54, 1.807) is 37.3 Å². The molecule has 0 aliphatic carbocycles. The Morgan fingerprint density at radius 3 is 2.43 bits per heavy atom. The molecule has 0 fully saturated rings. The predicted molar refractivity (Wildman–Crippen MR) is 135 cm³/mol. The van der Waals surface area contributed by atoms with Gasteiger partial charge in [0.25, 0.3) is 10.0 Å². The van der Waals surface area contributed by atoms with Crippen LogP contribution in [0.4, 0.5) is 14.6 Å². The fourth-order valence-electron chi connectivity index (χ4n) is 4.09. The van der Waals surface area contributed by atoms with Crippen molar-refractivity contribution in [3.05, 3.63) is 102 Å². The highest BCUT2D eigenvalue weighted by molar-refractivity contribution is 7.92. The summed E-state index contributed by atoms with van der Waals surface area (Å²) in [5.41, 5.74) is 2.38. The van der Waals surface area contributed by atoms with Gasteiger partial charge in [0.05, 0.1) is 16.2 Å². The molecule has 0 saturated heterocycles. The maximum atomic E-state index is 13.8. The van der Waals surface area contributed by atoms with Crippen molar-refractivity contribution in [2.24, 2.45) is 0 Å². The smallest absolute Gasteiger partial charge is 0.263 e. The van der Waals surface area contributed by atoms with Crippen LogP contribution in [-0.4, -0.2) is 23.4 Å². The van der Waals surface area contributed by atoms with Crippen LogP contribution in [0.15, 0.2) is 84.1 Å². The number of hydrogen-bond donors (Lipinski definition) is 1. The van der Waals surface area contributed by atoms with E-state index in [1.807, 2.05) is 6.07 Å². The average molecular weight is 514 g/mol. The van der Waals surface area contributed by atoms with E-state index in [4.69, 9.17) is 0 Å². The molecule has 2 heterocycles. The summed E-state index contributed by atoms with van der Waals surface area (Å²) < 4.78 is 55.8. The Balaban J connectivity index is 1.59. The number of fused-ring (bicyclic) bond motifs is 1. The summed E-state index contributed by atoms with van der Waals surface area (Å²) in [6, 6.07) is 18.2. The lowest BCUT2D eigenvalue weighted by Crippen LogP contribution is -2.13. The van der Waals surface area contributed by atoms with Crippen LogP contribution in [0.3, 0.4) is 0 Å². The predicted octanol–water partition coefficient (Wildman–Crippen LogP) is 5.62. The van der Waals surface area contributed by atoms with Crippen LogP contribution >= 0.6 is 0 Å². The van der Waals surface area contributed by atoms with Crippen LogP contribution < -0.4 is 4.72 Å². The number of nitrogens with zero attached hydrogens (tertiary/aromatic N) is 4. The highest BCUT2D eigenvalue weighted by Gasteiger charge is 2.18. The zero-order valence-corrected chi connectivity index (χ0v) is 20.1. The lowest BCUT2D eigenvalue weighted by atomic mass is 9.94. The number of nitriles is 1. The Morgan fingerprint density at radius 2 is 1.73 bits per heavy atom. The minimum atomic E-state index is -3.90. The number of hydrogen-bond acceptors (Lipinski definition) is 6. The van der Waals surface area contributed by atoms with Crippen LogP contribution in [-0.2, 0) is 10.0 Å². The van der Waals surface area contributed by atoms with Gasteiger partial charge in [0.2, 0.25) is 0 Å². The maximum absolute atomic E-state index is 13.8. The topological polar surface area (TPSA) is 109 Å². The van der Waals surface area contributed by atoms with Gasteiger partial charge in [0.15, 0.2) is 0 Å². The molecule has 182 valence electrons. The molecule has 0 aliphatic heterocycles. The molecule has 0 spiro atoms. The van der Waals surface area contributed by atoms with E-state index in [9.17, 15) is 22.5 Å². The Kier molecular flexibility index (Phi) is 6.07. The van der Waals surface area contributed by atoms with Gasteiger partial charge < -0.3 is 0 Å². The van der Waals surface area contributed by atoms with Crippen molar-refractivity contribution >= 4 is 26.6 Å². The molecule has 0 amide bonds. The largest absolute Gasteiger partial charge is 0.263 e. The third kappa shape index (κ3) is 4.72. The van der Waals surface area contributed by atoms with Crippen LogP contribution in [0.1, 0.15) is 11.3 Å². The van der Waals surface area contributed by atoms with Crippen LogP contribution in [0.2, 0.25) is 0 Å². The van der Waals surface area contributed by atoms with E-state index >= 15 is 0 Å². The van der Waals surface area contributed by atoms with Gasteiger partial charge in [-0.1, -0.05) is 24.3 Å². The minimum Gasteiger partial charge on any atom is -0.263 e. The molecule has 2 aromatic heterocycles.